The lowest BCUT2D eigenvalue weighted by atomic mass is 9.92. The van der Waals surface area contributed by atoms with Crippen molar-refractivity contribution in [2.45, 2.75) is 37.8 Å². The molecule has 1 fully saturated rings. The van der Waals surface area contributed by atoms with Crippen molar-refractivity contribution in [3.63, 3.8) is 0 Å². The van der Waals surface area contributed by atoms with Gasteiger partial charge in [0.25, 0.3) is 0 Å². The highest BCUT2D eigenvalue weighted by Gasteiger charge is 2.21. The average Bonchev–Trinajstić information content (AvgIpc) is 2.33. The SMILES string of the molecule is CNC1CCN(CC2C=CC(N)CC2)CC1. The highest BCUT2D eigenvalue weighted by atomic mass is 15.1. The van der Waals surface area contributed by atoms with Crippen LogP contribution in [0.2, 0.25) is 0 Å². The third kappa shape index (κ3) is 3.30. The Labute approximate surface area is 99.1 Å². The molecule has 0 aromatic carbocycles. The predicted molar refractivity (Wildman–Crippen MR) is 68.4 cm³/mol. The van der Waals surface area contributed by atoms with Crippen molar-refractivity contribution in [3.8, 4) is 0 Å². The maximum absolute atomic E-state index is 5.86. The first-order valence-corrected chi connectivity index (χ1v) is 6.61. The first-order chi connectivity index (χ1) is 7.78. The number of nitrogens with two attached hydrogens (primary N) is 1. The monoisotopic (exact) mass is 223 g/mol. The molecule has 0 spiro atoms. The topological polar surface area (TPSA) is 41.3 Å². The lowest BCUT2D eigenvalue weighted by Crippen LogP contribution is -2.43. The van der Waals surface area contributed by atoms with Gasteiger partial charge in [0.15, 0.2) is 0 Å². The number of nitrogens with zero attached hydrogens (tertiary/aromatic N) is 1. The zero-order valence-electron chi connectivity index (χ0n) is 10.4. The van der Waals surface area contributed by atoms with E-state index in [1.807, 2.05) is 0 Å². The van der Waals surface area contributed by atoms with E-state index in [9.17, 15) is 0 Å². The van der Waals surface area contributed by atoms with Crippen LogP contribution in [0.4, 0.5) is 0 Å². The van der Waals surface area contributed by atoms with Crippen molar-refractivity contribution in [1.29, 1.82) is 0 Å². The number of rotatable bonds is 3. The van der Waals surface area contributed by atoms with Crippen LogP contribution in [0.5, 0.6) is 0 Å². The summed E-state index contributed by atoms with van der Waals surface area (Å²) < 4.78 is 0. The smallest absolute Gasteiger partial charge is 0.0223 e. The summed E-state index contributed by atoms with van der Waals surface area (Å²) in [6.07, 6.45) is 9.55. The molecule has 2 atom stereocenters. The summed E-state index contributed by atoms with van der Waals surface area (Å²) in [4.78, 5) is 2.61. The van der Waals surface area contributed by atoms with Crippen molar-refractivity contribution in [2.24, 2.45) is 11.7 Å². The molecule has 3 heteroatoms. The van der Waals surface area contributed by atoms with Crippen LogP contribution in [0.3, 0.4) is 0 Å². The summed E-state index contributed by atoms with van der Waals surface area (Å²) >= 11 is 0. The van der Waals surface area contributed by atoms with Crippen molar-refractivity contribution < 1.29 is 0 Å². The molecule has 2 aliphatic rings. The quantitative estimate of drug-likeness (QED) is 0.700. The van der Waals surface area contributed by atoms with Crippen LogP contribution in [0, 0.1) is 5.92 Å². The molecule has 2 rings (SSSR count). The standard InChI is InChI=1S/C13H25N3/c1-15-13-6-8-16(9-7-13)10-11-2-4-12(14)5-3-11/h2,4,11-13,15H,3,5-10,14H2,1H3. The summed E-state index contributed by atoms with van der Waals surface area (Å²) in [5, 5.41) is 3.38. The van der Waals surface area contributed by atoms with Crippen LogP contribution >= 0.6 is 0 Å². The van der Waals surface area contributed by atoms with Crippen molar-refractivity contribution in [2.75, 3.05) is 26.7 Å². The second-order valence-corrected chi connectivity index (χ2v) is 5.25. The molecule has 1 heterocycles. The largest absolute Gasteiger partial charge is 0.324 e. The predicted octanol–water partition coefficient (Wildman–Crippen LogP) is 0.964. The lowest BCUT2D eigenvalue weighted by Gasteiger charge is -2.34. The molecule has 0 radical (unpaired) electrons. The molecule has 0 aromatic rings. The summed E-state index contributed by atoms with van der Waals surface area (Å²) in [5.41, 5.74) is 5.86. The van der Waals surface area contributed by atoms with E-state index in [0.29, 0.717) is 6.04 Å². The molecule has 3 N–H and O–H groups in total. The molecule has 0 amide bonds. The minimum atomic E-state index is 0.311. The van der Waals surface area contributed by atoms with Gasteiger partial charge in [0.1, 0.15) is 0 Å². The average molecular weight is 223 g/mol. The fourth-order valence-electron chi connectivity index (χ4n) is 2.79. The van der Waals surface area contributed by atoms with E-state index in [-0.39, 0.29) is 0 Å². The molecular formula is C13H25N3. The zero-order valence-corrected chi connectivity index (χ0v) is 10.4. The Balaban J connectivity index is 1.72. The van der Waals surface area contributed by atoms with Gasteiger partial charge in [-0.3, -0.25) is 0 Å². The third-order valence-electron chi connectivity index (χ3n) is 3.99. The van der Waals surface area contributed by atoms with Gasteiger partial charge in [0, 0.05) is 18.6 Å². The molecule has 0 saturated carbocycles. The number of likely N-dealkylation sites (tertiary alicyclic amines) is 1. The molecule has 1 aliphatic carbocycles. The Kier molecular flexibility index (Phi) is 4.38. The van der Waals surface area contributed by atoms with Crippen LogP contribution in [-0.2, 0) is 0 Å². The van der Waals surface area contributed by atoms with Crippen LogP contribution in [-0.4, -0.2) is 43.7 Å². The van der Waals surface area contributed by atoms with E-state index in [4.69, 9.17) is 5.73 Å². The summed E-state index contributed by atoms with van der Waals surface area (Å²) in [5.74, 6) is 0.742. The number of nitrogens with one attached hydrogen (secondary N) is 1. The molecule has 0 bridgehead atoms. The fourth-order valence-corrected chi connectivity index (χ4v) is 2.79. The van der Waals surface area contributed by atoms with Crippen molar-refractivity contribution in [3.05, 3.63) is 12.2 Å². The normalized spacial score (nSPS) is 33.1. The van der Waals surface area contributed by atoms with Gasteiger partial charge in [-0.1, -0.05) is 12.2 Å². The van der Waals surface area contributed by atoms with Crippen LogP contribution < -0.4 is 11.1 Å². The molecule has 3 nitrogen and oxygen atoms in total. The van der Waals surface area contributed by atoms with Gasteiger partial charge in [-0.05, 0) is 51.7 Å². The minimum Gasteiger partial charge on any atom is -0.324 e. The van der Waals surface area contributed by atoms with Crippen LogP contribution in [0.15, 0.2) is 12.2 Å². The zero-order chi connectivity index (χ0) is 11.4. The number of piperidine rings is 1. The highest BCUT2D eigenvalue weighted by Crippen LogP contribution is 2.19. The second kappa shape index (κ2) is 5.80. The van der Waals surface area contributed by atoms with Gasteiger partial charge >= 0.3 is 0 Å². The lowest BCUT2D eigenvalue weighted by molar-refractivity contribution is 0.180. The Morgan fingerprint density at radius 1 is 1.19 bits per heavy atom. The van der Waals surface area contributed by atoms with Gasteiger partial charge in [-0.2, -0.15) is 0 Å². The molecule has 2 unspecified atom stereocenters. The van der Waals surface area contributed by atoms with E-state index < -0.39 is 0 Å². The van der Waals surface area contributed by atoms with E-state index in [1.165, 1.54) is 38.9 Å². The molecule has 1 aliphatic heterocycles. The fraction of sp³-hybridized carbons (Fsp3) is 0.846. The molecule has 0 aromatic heterocycles. The number of hydrogen-bond donors (Lipinski definition) is 2. The van der Waals surface area contributed by atoms with Gasteiger partial charge in [0.05, 0.1) is 0 Å². The molecular weight excluding hydrogens is 198 g/mol. The van der Waals surface area contributed by atoms with Gasteiger partial charge in [-0.15, -0.1) is 0 Å². The Morgan fingerprint density at radius 2 is 1.94 bits per heavy atom. The van der Waals surface area contributed by atoms with E-state index in [1.54, 1.807) is 0 Å². The Hall–Kier alpha value is -0.380. The first-order valence-electron chi connectivity index (χ1n) is 6.61. The van der Waals surface area contributed by atoms with Gasteiger partial charge < -0.3 is 16.0 Å². The summed E-state index contributed by atoms with van der Waals surface area (Å²) in [6, 6.07) is 1.05. The third-order valence-corrected chi connectivity index (χ3v) is 3.99. The van der Waals surface area contributed by atoms with Crippen LogP contribution in [0.1, 0.15) is 25.7 Å². The van der Waals surface area contributed by atoms with E-state index in [0.717, 1.165) is 18.4 Å². The van der Waals surface area contributed by atoms with Crippen molar-refractivity contribution in [1.82, 2.24) is 10.2 Å². The summed E-state index contributed by atoms with van der Waals surface area (Å²) in [6.45, 7) is 3.74. The maximum atomic E-state index is 5.86. The van der Waals surface area contributed by atoms with Crippen molar-refractivity contribution >= 4 is 0 Å². The summed E-state index contributed by atoms with van der Waals surface area (Å²) in [7, 11) is 2.07. The van der Waals surface area contributed by atoms with Gasteiger partial charge in [-0.25, -0.2) is 0 Å². The maximum Gasteiger partial charge on any atom is 0.0223 e. The van der Waals surface area contributed by atoms with Gasteiger partial charge in [0.2, 0.25) is 0 Å². The molecule has 92 valence electrons. The Bertz CT molecular complexity index is 231. The van der Waals surface area contributed by atoms with Crippen LogP contribution in [0.25, 0.3) is 0 Å². The molecule has 16 heavy (non-hydrogen) atoms. The van der Waals surface area contributed by atoms with E-state index in [2.05, 4.69) is 29.4 Å². The van der Waals surface area contributed by atoms with E-state index >= 15 is 0 Å². The molecule has 1 saturated heterocycles. The Morgan fingerprint density at radius 3 is 2.50 bits per heavy atom. The first kappa shape index (κ1) is 12.1. The second-order valence-electron chi connectivity index (χ2n) is 5.25. The minimum absolute atomic E-state index is 0.311. The highest BCUT2D eigenvalue weighted by molar-refractivity contribution is 5.01. The number of hydrogen-bond acceptors (Lipinski definition) is 3.